The summed E-state index contributed by atoms with van der Waals surface area (Å²) in [6.07, 6.45) is 7.60. The number of halogens is 2. The van der Waals surface area contributed by atoms with E-state index >= 15 is 0 Å². The summed E-state index contributed by atoms with van der Waals surface area (Å²) in [4.78, 5) is 10.9. The highest BCUT2D eigenvalue weighted by atomic mass is 19.1. The number of primary amides is 1. The average molecular weight is 482 g/mol. The van der Waals surface area contributed by atoms with Crippen LogP contribution in [-0.4, -0.2) is 23.8 Å². The minimum Gasteiger partial charge on any atom is -0.450 e. The van der Waals surface area contributed by atoms with E-state index in [1.165, 1.54) is 31.4 Å². The molecule has 1 aliphatic rings. The number of nitrogens with one attached hydrogen (secondary N) is 1. The van der Waals surface area contributed by atoms with Crippen LogP contribution < -0.4 is 11.1 Å². The normalized spacial score (nSPS) is 15.1. The van der Waals surface area contributed by atoms with Crippen molar-refractivity contribution in [3.63, 3.8) is 0 Å². The Bertz CT molecular complexity index is 1110. The fourth-order valence-electron chi connectivity index (χ4n) is 5.06. The lowest BCUT2D eigenvalue weighted by Gasteiger charge is -2.32. The molecule has 5 nitrogen and oxygen atoms in total. The third-order valence-electron chi connectivity index (χ3n) is 6.73. The molecule has 0 spiro atoms. The van der Waals surface area contributed by atoms with Crippen LogP contribution in [0.5, 0.6) is 0 Å². The van der Waals surface area contributed by atoms with Crippen LogP contribution in [0.1, 0.15) is 55.8 Å². The predicted octanol–water partition coefficient (Wildman–Crippen LogP) is 6.18. The third-order valence-corrected chi connectivity index (χ3v) is 6.73. The van der Waals surface area contributed by atoms with E-state index in [9.17, 15) is 13.6 Å². The number of hydrogen-bond acceptors (Lipinski definition) is 3. The van der Waals surface area contributed by atoms with Gasteiger partial charge in [0.05, 0.1) is 12.6 Å². The second kappa shape index (κ2) is 12.0. The molecule has 2 aromatic carbocycles. The van der Waals surface area contributed by atoms with Crippen molar-refractivity contribution in [3.05, 3.63) is 83.7 Å². The van der Waals surface area contributed by atoms with E-state index < -0.39 is 17.7 Å². The fraction of sp³-hybridized carbons (Fsp3) is 0.393. The van der Waals surface area contributed by atoms with Crippen molar-refractivity contribution in [2.75, 3.05) is 13.2 Å². The highest BCUT2D eigenvalue weighted by Gasteiger charge is 2.28. The molecule has 7 heteroatoms. The number of hydrogen-bond donors (Lipinski definition) is 2. The van der Waals surface area contributed by atoms with Gasteiger partial charge < -0.3 is 20.4 Å². The Labute approximate surface area is 205 Å². The van der Waals surface area contributed by atoms with Crippen LogP contribution >= 0.6 is 0 Å². The van der Waals surface area contributed by atoms with Gasteiger partial charge in [0, 0.05) is 29.6 Å². The SMILES string of the molecule is NC(=O)OCCCNC(c1cc(-c2cc(F)ccc2F)cn1Cc1ccccc1)C1CCCCC1. The molecule has 1 fully saturated rings. The molecule has 0 saturated heterocycles. The number of amides is 1. The van der Waals surface area contributed by atoms with E-state index in [0.717, 1.165) is 30.2 Å². The van der Waals surface area contributed by atoms with E-state index in [-0.39, 0.29) is 18.2 Å². The van der Waals surface area contributed by atoms with Crippen molar-refractivity contribution in [1.82, 2.24) is 9.88 Å². The second-order valence-corrected chi connectivity index (χ2v) is 9.24. The lowest BCUT2D eigenvalue weighted by Crippen LogP contribution is -2.32. The molecule has 1 aromatic heterocycles. The topological polar surface area (TPSA) is 69.3 Å². The van der Waals surface area contributed by atoms with Gasteiger partial charge in [-0.15, -0.1) is 0 Å². The van der Waals surface area contributed by atoms with Crippen molar-refractivity contribution in [1.29, 1.82) is 0 Å². The molecule has 1 saturated carbocycles. The smallest absolute Gasteiger partial charge is 0.404 e. The first-order chi connectivity index (χ1) is 17.0. The molecular formula is C28H33F2N3O2. The molecule has 3 aromatic rings. The molecule has 1 atom stereocenters. The van der Waals surface area contributed by atoms with Crippen molar-refractivity contribution in [2.45, 2.75) is 51.1 Å². The Morgan fingerprint density at radius 2 is 1.86 bits per heavy atom. The number of benzene rings is 2. The fourth-order valence-corrected chi connectivity index (χ4v) is 5.06. The summed E-state index contributed by atoms with van der Waals surface area (Å²) < 4.78 is 35.7. The third kappa shape index (κ3) is 6.69. The monoisotopic (exact) mass is 481 g/mol. The van der Waals surface area contributed by atoms with Gasteiger partial charge in [-0.3, -0.25) is 0 Å². The van der Waals surface area contributed by atoms with E-state index in [0.29, 0.717) is 31.0 Å². The Morgan fingerprint density at radius 3 is 2.60 bits per heavy atom. The van der Waals surface area contributed by atoms with Gasteiger partial charge in [0.1, 0.15) is 11.6 Å². The zero-order chi connectivity index (χ0) is 24.6. The molecule has 186 valence electrons. The average Bonchev–Trinajstić information content (AvgIpc) is 3.27. The molecule has 0 bridgehead atoms. The zero-order valence-electron chi connectivity index (χ0n) is 19.9. The van der Waals surface area contributed by atoms with Crippen LogP contribution in [0, 0.1) is 17.6 Å². The number of aromatic nitrogens is 1. The molecule has 0 aliphatic heterocycles. The summed E-state index contributed by atoms with van der Waals surface area (Å²) in [6, 6.07) is 15.7. The predicted molar refractivity (Wildman–Crippen MR) is 133 cm³/mol. The molecular weight excluding hydrogens is 448 g/mol. The summed E-state index contributed by atoms with van der Waals surface area (Å²) in [5, 5.41) is 3.68. The molecule has 1 unspecified atom stereocenters. The molecule has 35 heavy (non-hydrogen) atoms. The first-order valence-corrected chi connectivity index (χ1v) is 12.4. The maximum Gasteiger partial charge on any atom is 0.404 e. The van der Waals surface area contributed by atoms with Crippen molar-refractivity contribution in [3.8, 4) is 11.1 Å². The van der Waals surface area contributed by atoms with Crippen LogP contribution in [0.15, 0.2) is 60.8 Å². The highest BCUT2D eigenvalue weighted by Crippen LogP contribution is 2.37. The Kier molecular flexibility index (Phi) is 8.53. The summed E-state index contributed by atoms with van der Waals surface area (Å²) in [6.45, 7) is 1.53. The maximum absolute atomic E-state index is 14.7. The van der Waals surface area contributed by atoms with Crippen LogP contribution in [-0.2, 0) is 11.3 Å². The largest absolute Gasteiger partial charge is 0.450 e. The number of carbonyl (C=O) groups excluding carboxylic acids is 1. The first-order valence-electron chi connectivity index (χ1n) is 12.4. The molecule has 1 amide bonds. The number of nitrogens with two attached hydrogens (primary N) is 1. The van der Waals surface area contributed by atoms with Gasteiger partial charge in [-0.2, -0.15) is 0 Å². The van der Waals surface area contributed by atoms with E-state index in [1.54, 1.807) is 0 Å². The van der Waals surface area contributed by atoms with Gasteiger partial charge in [0.15, 0.2) is 0 Å². The van der Waals surface area contributed by atoms with Gasteiger partial charge in [-0.05, 0) is 61.6 Å². The van der Waals surface area contributed by atoms with Crippen LogP contribution in [0.3, 0.4) is 0 Å². The van der Waals surface area contributed by atoms with Crippen molar-refractivity contribution in [2.24, 2.45) is 11.7 Å². The maximum atomic E-state index is 14.7. The quantitative estimate of drug-likeness (QED) is 0.340. The van der Waals surface area contributed by atoms with E-state index in [1.807, 2.05) is 30.5 Å². The first kappa shape index (κ1) is 24.9. The minimum absolute atomic E-state index is 0.0398. The molecule has 4 rings (SSSR count). The number of rotatable bonds is 10. The molecule has 1 aliphatic carbocycles. The lowest BCUT2D eigenvalue weighted by atomic mass is 9.82. The molecule has 1 heterocycles. The summed E-state index contributed by atoms with van der Waals surface area (Å²) in [5.41, 5.74) is 8.18. The Hall–Kier alpha value is -3.19. The van der Waals surface area contributed by atoms with Crippen molar-refractivity contribution < 1.29 is 18.3 Å². The molecule has 3 N–H and O–H groups in total. The summed E-state index contributed by atoms with van der Waals surface area (Å²) in [7, 11) is 0. The Balaban J connectivity index is 1.67. The Morgan fingerprint density at radius 1 is 1.09 bits per heavy atom. The van der Waals surface area contributed by atoms with E-state index in [2.05, 4.69) is 22.0 Å². The van der Waals surface area contributed by atoms with Gasteiger partial charge in [0.25, 0.3) is 0 Å². The van der Waals surface area contributed by atoms with Gasteiger partial charge in [-0.1, -0.05) is 49.6 Å². The number of carbonyl (C=O) groups is 1. The van der Waals surface area contributed by atoms with Gasteiger partial charge >= 0.3 is 6.09 Å². The lowest BCUT2D eigenvalue weighted by molar-refractivity contribution is 0.154. The van der Waals surface area contributed by atoms with Crippen LogP contribution in [0.2, 0.25) is 0 Å². The number of ether oxygens (including phenoxy) is 1. The minimum atomic E-state index is -0.771. The highest BCUT2D eigenvalue weighted by molar-refractivity contribution is 5.65. The van der Waals surface area contributed by atoms with E-state index in [4.69, 9.17) is 10.5 Å². The summed E-state index contributed by atoms with van der Waals surface area (Å²) >= 11 is 0. The zero-order valence-corrected chi connectivity index (χ0v) is 19.9. The molecule has 0 radical (unpaired) electrons. The second-order valence-electron chi connectivity index (χ2n) is 9.24. The van der Waals surface area contributed by atoms with Crippen molar-refractivity contribution >= 4 is 6.09 Å². The van der Waals surface area contributed by atoms with Crippen LogP contribution in [0.4, 0.5) is 13.6 Å². The summed E-state index contributed by atoms with van der Waals surface area (Å²) in [5.74, 6) is -0.480. The number of nitrogens with zero attached hydrogens (tertiary/aromatic N) is 1. The van der Waals surface area contributed by atoms with Gasteiger partial charge in [0.2, 0.25) is 0 Å². The van der Waals surface area contributed by atoms with Gasteiger partial charge in [-0.25, -0.2) is 13.6 Å². The van der Waals surface area contributed by atoms with Crippen LogP contribution in [0.25, 0.3) is 11.1 Å². The standard InChI is InChI=1S/C28H33F2N3O2/c29-23-12-13-25(30)24(17-23)22-16-26(33(19-22)18-20-8-3-1-4-9-20)27(21-10-5-2-6-11-21)32-14-7-15-35-28(31)34/h1,3-4,8-9,12-13,16-17,19,21,27,32H,2,5-7,10-11,14-15,18H2,(H2,31,34).